The Morgan fingerprint density at radius 3 is 2.40 bits per heavy atom. The molecule has 0 aliphatic heterocycles. The smallest absolute Gasteiger partial charge is 0.166 e. The lowest BCUT2D eigenvalue weighted by molar-refractivity contribution is 0.0964. The van der Waals surface area contributed by atoms with Crippen molar-refractivity contribution in [1.29, 1.82) is 0 Å². The molecule has 1 fully saturated rings. The van der Waals surface area contributed by atoms with E-state index in [1.165, 1.54) is 5.56 Å². The third kappa shape index (κ3) is 2.43. The summed E-state index contributed by atoms with van der Waals surface area (Å²) >= 11 is 0. The van der Waals surface area contributed by atoms with Crippen molar-refractivity contribution in [2.75, 3.05) is 0 Å². The normalized spacial score (nSPS) is 21.8. The van der Waals surface area contributed by atoms with Crippen LogP contribution >= 0.6 is 0 Å². The average Bonchev–Trinajstić information content (AvgIpc) is 3.03. The van der Waals surface area contributed by atoms with Gasteiger partial charge in [-0.1, -0.05) is 45.0 Å². The third-order valence-corrected chi connectivity index (χ3v) is 4.07. The Bertz CT molecular complexity index is 600. The standard InChI is InChI=1S/C18H20O2/c1-18(2,3)13-8-6-12(7-9-13)17(19)15-11-14(15)16-5-4-10-20-16/h4-10,14-15H,11H2,1-3H3. The third-order valence-electron chi connectivity index (χ3n) is 4.07. The Hall–Kier alpha value is -1.83. The number of hydrogen-bond donors (Lipinski definition) is 0. The van der Waals surface area contributed by atoms with E-state index in [2.05, 4.69) is 32.9 Å². The molecule has 0 bridgehead atoms. The summed E-state index contributed by atoms with van der Waals surface area (Å²) in [4.78, 5) is 12.4. The van der Waals surface area contributed by atoms with Crippen LogP contribution in [-0.4, -0.2) is 5.78 Å². The largest absolute Gasteiger partial charge is 0.469 e. The Morgan fingerprint density at radius 2 is 1.85 bits per heavy atom. The van der Waals surface area contributed by atoms with E-state index in [0.29, 0.717) is 0 Å². The van der Waals surface area contributed by atoms with Crippen LogP contribution in [0, 0.1) is 5.92 Å². The zero-order chi connectivity index (χ0) is 14.3. The molecule has 2 unspecified atom stereocenters. The Labute approximate surface area is 119 Å². The molecule has 0 spiro atoms. The van der Waals surface area contributed by atoms with Gasteiger partial charge >= 0.3 is 0 Å². The van der Waals surface area contributed by atoms with Gasteiger partial charge in [0.05, 0.1) is 6.26 Å². The number of rotatable bonds is 3. The van der Waals surface area contributed by atoms with Crippen molar-refractivity contribution in [3.05, 3.63) is 59.5 Å². The van der Waals surface area contributed by atoms with Gasteiger partial charge in [-0.3, -0.25) is 4.79 Å². The van der Waals surface area contributed by atoms with E-state index in [9.17, 15) is 4.79 Å². The summed E-state index contributed by atoms with van der Waals surface area (Å²) in [6, 6.07) is 11.9. The van der Waals surface area contributed by atoms with Crippen LogP contribution in [0.5, 0.6) is 0 Å². The molecular formula is C18H20O2. The molecule has 2 heteroatoms. The summed E-state index contributed by atoms with van der Waals surface area (Å²) < 4.78 is 5.39. The molecule has 1 aliphatic rings. The monoisotopic (exact) mass is 268 g/mol. The van der Waals surface area contributed by atoms with Gasteiger partial charge in [0.2, 0.25) is 0 Å². The van der Waals surface area contributed by atoms with E-state index in [1.807, 2.05) is 24.3 Å². The van der Waals surface area contributed by atoms with Crippen LogP contribution in [0.25, 0.3) is 0 Å². The van der Waals surface area contributed by atoms with E-state index in [1.54, 1.807) is 6.26 Å². The minimum Gasteiger partial charge on any atom is -0.469 e. The zero-order valence-electron chi connectivity index (χ0n) is 12.2. The SMILES string of the molecule is CC(C)(C)c1ccc(C(=O)C2CC2c2ccco2)cc1. The summed E-state index contributed by atoms with van der Waals surface area (Å²) in [6.45, 7) is 6.53. The van der Waals surface area contributed by atoms with Crippen molar-refractivity contribution in [2.24, 2.45) is 5.92 Å². The van der Waals surface area contributed by atoms with E-state index >= 15 is 0 Å². The van der Waals surface area contributed by atoms with Crippen molar-refractivity contribution >= 4 is 5.78 Å². The second-order valence-electron chi connectivity index (χ2n) is 6.66. The van der Waals surface area contributed by atoms with Crippen molar-refractivity contribution in [3.8, 4) is 0 Å². The number of furan rings is 1. The molecule has 1 heterocycles. The molecule has 1 aromatic carbocycles. The van der Waals surface area contributed by atoms with Gasteiger partial charge in [0.25, 0.3) is 0 Å². The van der Waals surface area contributed by atoms with Crippen LogP contribution in [0.15, 0.2) is 47.1 Å². The summed E-state index contributed by atoms with van der Waals surface area (Å²) in [7, 11) is 0. The highest BCUT2D eigenvalue weighted by atomic mass is 16.3. The van der Waals surface area contributed by atoms with Crippen LogP contribution in [-0.2, 0) is 5.41 Å². The molecule has 0 saturated heterocycles. The fourth-order valence-electron chi connectivity index (χ4n) is 2.65. The topological polar surface area (TPSA) is 30.2 Å². The minimum atomic E-state index is 0.0987. The minimum absolute atomic E-state index is 0.0987. The lowest BCUT2D eigenvalue weighted by atomic mass is 9.86. The quantitative estimate of drug-likeness (QED) is 0.764. The molecule has 0 radical (unpaired) electrons. The van der Waals surface area contributed by atoms with E-state index in [4.69, 9.17) is 4.42 Å². The lowest BCUT2D eigenvalue weighted by Gasteiger charge is -2.18. The summed E-state index contributed by atoms with van der Waals surface area (Å²) in [5.41, 5.74) is 2.20. The highest BCUT2D eigenvalue weighted by Crippen LogP contribution is 2.49. The summed E-state index contributed by atoms with van der Waals surface area (Å²) in [5.74, 6) is 1.56. The van der Waals surface area contributed by atoms with Gasteiger partial charge in [-0.25, -0.2) is 0 Å². The van der Waals surface area contributed by atoms with Crippen LogP contribution < -0.4 is 0 Å². The molecule has 20 heavy (non-hydrogen) atoms. The average molecular weight is 268 g/mol. The molecule has 3 rings (SSSR count). The summed E-state index contributed by atoms with van der Waals surface area (Å²) in [6.07, 6.45) is 2.58. The first-order valence-corrected chi connectivity index (χ1v) is 7.15. The number of ketones is 1. The molecule has 1 saturated carbocycles. The molecule has 1 aromatic heterocycles. The molecule has 2 nitrogen and oxygen atoms in total. The predicted octanol–water partition coefficient (Wildman–Crippen LogP) is 4.56. The van der Waals surface area contributed by atoms with Gasteiger partial charge < -0.3 is 4.42 Å². The molecule has 2 atom stereocenters. The lowest BCUT2D eigenvalue weighted by Crippen LogP contribution is -2.11. The number of benzene rings is 1. The number of Topliss-reactive ketones (excluding diaryl/α,β-unsaturated/α-hetero) is 1. The predicted molar refractivity (Wildman–Crippen MR) is 79.0 cm³/mol. The van der Waals surface area contributed by atoms with Crippen molar-refractivity contribution in [1.82, 2.24) is 0 Å². The van der Waals surface area contributed by atoms with Crippen molar-refractivity contribution in [2.45, 2.75) is 38.5 Å². The number of hydrogen-bond acceptors (Lipinski definition) is 2. The van der Waals surface area contributed by atoms with Gasteiger partial charge in [0, 0.05) is 17.4 Å². The highest BCUT2D eigenvalue weighted by molar-refractivity contribution is 6.00. The fraction of sp³-hybridized carbons (Fsp3) is 0.389. The Balaban J connectivity index is 1.73. The van der Waals surface area contributed by atoms with Crippen molar-refractivity contribution in [3.63, 3.8) is 0 Å². The van der Waals surface area contributed by atoms with Crippen molar-refractivity contribution < 1.29 is 9.21 Å². The van der Waals surface area contributed by atoms with Crippen LogP contribution in [0.2, 0.25) is 0 Å². The van der Waals surface area contributed by atoms with Gasteiger partial charge in [-0.2, -0.15) is 0 Å². The van der Waals surface area contributed by atoms with Gasteiger partial charge in [0.1, 0.15) is 5.76 Å². The van der Waals surface area contributed by atoms with Crippen LogP contribution in [0.4, 0.5) is 0 Å². The molecule has 0 N–H and O–H groups in total. The first kappa shape index (κ1) is 13.2. The van der Waals surface area contributed by atoms with E-state index in [0.717, 1.165) is 17.7 Å². The molecule has 0 amide bonds. The van der Waals surface area contributed by atoms with Gasteiger partial charge in [-0.15, -0.1) is 0 Å². The summed E-state index contributed by atoms with van der Waals surface area (Å²) in [5, 5.41) is 0. The van der Waals surface area contributed by atoms with E-state index < -0.39 is 0 Å². The first-order chi connectivity index (χ1) is 9.47. The second-order valence-corrected chi connectivity index (χ2v) is 6.66. The maximum atomic E-state index is 12.4. The van der Waals surface area contributed by atoms with Gasteiger partial charge in [-0.05, 0) is 29.5 Å². The molecule has 1 aliphatic carbocycles. The fourth-order valence-corrected chi connectivity index (χ4v) is 2.65. The Kier molecular flexibility index (Phi) is 3.04. The maximum absolute atomic E-state index is 12.4. The first-order valence-electron chi connectivity index (χ1n) is 7.15. The number of carbonyl (C=O) groups excluding carboxylic acids is 1. The van der Waals surface area contributed by atoms with Gasteiger partial charge in [0.15, 0.2) is 5.78 Å². The Morgan fingerprint density at radius 1 is 1.15 bits per heavy atom. The zero-order valence-corrected chi connectivity index (χ0v) is 12.2. The van der Waals surface area contributed by atoms with Crippen LogP contribution in [0.1, 0.15) is 54.8 Å². The molecular weight excluding hydrogens is 248 g/mol. The van der Waals surface area contributed by atoms with E-state index in [-0.39, 0.29) is 23.0 Å². The highest BCUT2D eigenvalue weighted by Gasteiger charge is 2.45. The maximum Gasteiger partial charge on any atom is 0.166 e. The molecule has 104 valence electrons. The number of carbonyl (C=O) groups is 1. The molecule has 2 aromatic rings. The van der Waals surface area contributed by atoms with Crippen LogP contribution in [0.3, 0.4) is 0 Å². The second kappa shape index (κ2) is 4.62.